The first-order valence-corrected chi connectivity index (χ1v) is 6.57. The van der Waals surface area contributed by atoms with Crippen LogP contribution in [0, 0.1) is 5.92 Å². The van der Waals surface area contributed by atoms with Crippen LogP contribution in [-0.2, 0) is 0 Å². The number of methoxy groups -OCH3 is 2. The average molecular weight is 251 g/mol. The van der Waals surface area contributed by atoms with E-state index in [4.69, 9.17) is 9.47 Å². The van der Waals surface area contributed by atoms with Crippen molar-refractivity contribution < 1.29 is 9.47 Å². The summed E-state index contributed by atoms with van der Waals surface area (Å²) in [4.78, 5) is 0. The predicted octanol–water partition coefficient (Wildman–Crippen LogP) is 3.05. The lowest BCUT2D eigenvalue weighted by atomic mass is 9.87. The fraction of sp³-hybridized carbons (Fsp3) is 0.600. The van der Waals surface area contributed by atoms with E-state index in [0.29, 0.717) is 11.8 Å². The monoisotopic (exact) mass is 251 g/mol. The summed E-state index contributed by atoms with van der Waals surface area (Å²) in [5, 5.41) is 3.39. The molecule has 0 heterocycles. The smallest absolute Gasteiger partial charge is 0.126 e. The van der Waals surface area contributed by atoms with Gasteiger partial charge in [0.2, 0.25) is 0 Å². The van der Waals surface area contributed by atoms with Crippen molar-refractivity contribution in [3.8, 4) is 11.5 Å². The van der Waals surface area contributed by atoms with Crippen LogP contribution in [0.15, 0.2) is 18.2 Å². The van der Waals surface area contributed by atoms with Gasteiger partial charge in [-0.15, -0.1) is 0 Å². The van der Waals surface area contributed by atoms with E-state index in [9.17, 15) is 0 Å². The van der Waals surface area contributed by atoms with Crippen LogP contribution in [0.5, 0.6) is 11.5 Å². The van der Waals surface area contributed by atoms with E-state index in [1.807, 2.05) is 18.2 Å². The van der Waals surface area contributed by atoms with Gasteiger partial charge >= 0.3 is 0 Å². The summed E-state index contributed by atoms with van der Waals surface area (Å²) >= 11 is 0. The molecule has 0 aliphatic heterocycles. The molecule has 0 radical (unpaired) electrons. The summed E-state index contributed by atoms with van der Waals surface area (Å²) < 4.78 is 10.9. The van der Waals surface area contributed by atoms with E-state index in [2.05, 4.69) is 26.1 Å². The zero-order chi connectivity index (χ0) is 13.5. The van der Waals surface area contributed by atoms with Gasteiger partial charge in [-0.2, -0.15) is 0 Å². The summed E-state index contributed by atoms with van der Waals surface area (Å²) in [5.41, 5.74) is 1.16. The second-order valence-corrected chi connectivity index (χ2v) is 4.65. The molecule has 0 fully saturated rings. The number of hydrogen-bond donors (Lipinski definition) is 1. The highest BCUT2D eigenvalue weighted by Crippen LogP contribution is 2.38. The van der Waals surface area contributed by atoms with Gasteiger partial charge in [0, 0.05) is 5.56 Å². The number of ether oxygens (including phenoxy) is 2. The van der Waals surface area contributed by atoms with Gasteiger partial charge in [-0.25, -0.2) is 0 Å². The van der Waals surface area contributed by atoms with E-state index in [-0.39, 0.29) is 0 Å². The van der Waals surface area contributed by atoms with E-state index >= 15 is 0 Å². The lowest BCUT2D eigenvalue weighted by Crippen LogP contribution is -2.24. The summed E-state index contributed by atoms with van der Waals surface area (Å²) in [7, 11) is 3.42. The van der Waals surface area contributed by atoms with Gasteiger partial charge in [-0.05, 0) is 37.1 Å². The topological polar surface area (TPSA) is 30.5 Å². The first-order valence-electron chi connectivity index (χ1n) is 6.57. The first-order chi connectivity index (χ1) is 8.65. The molecule has 2 atom stereocenters. The van der Waals surface area contributed by atoms with Crippen molar-refractivity contribution in [3.05, 3.63) is 23.8 Å². The molecule has 1 aromatic rings. The molecule has 0 amide bonds. The van der Waals surface area contributed by atoms with Crippen LogP contribution in [0.3, 0.4) is 0 Å². The van der Waals surface area contributed by atoms with Crippen molar-refractivity contribution >= 4 is 0 Å². The van der Waals surface area contributed by atoms with E-state index < -0.39 is 0 Å². The predicted molar refractivity (Wildman–Crippen MR) is 75.7 cm³/mol. The first kappa shape index (κ1) is 14.8. The van der Waals surface area contributed by atoms with Gasteiger partial charge in [-0.3, -0.25) is 0 Å². The average Bonchev–Trinajstić information content (AvgIpc) is 2.42. The Morgan fingerprint density at radius 2 is 1.67 bits per heavy atom. The Labute approximate surface area is 110 Å². The van der Waals surface area contributed by atoms with E-state index in [0.717, 1.165) is 30.2 Å². The highest BCUT2D eigenvalue weighted by molar-refractivity contribution is 5.47. The third-order valence-corrected chi connectivity index (χ3v) is 3.49. The van der Waals surface area contributed by atoms with Gasteiger partial charge in [0.25, 0.3) is 0 Å². The molecular formula is C15H25NO2. The molecule has 0 bridgehead atoms. The van der Waals surface area contributed by atoms with Crippen molar-refractivity contribution in [1.82, 2.24) is 5.32 Å². The maximum absolute atomic E-state index is 5.46. The fourth-order valence-corrected chi connectivity index (χ4v) is 2.16. The molecule has 18 heavy (non-hydrogen) atoms. The Hall–Kier alpha value is -1.22. The Balaban J connectivity index is 2.98. The van der Waals surface area contributed by atoms with Gasteiger partial charge in [0.05, 0.1) is 14.2 Å². The zero-order valence-corrected chi connectivity index (χ0v) is 12.1. The van der Waals surface area contributed by atoms with Crippen molar-refractivity contribution in [2.24, 2.45) is 5.92 Å². The minimum Gasteiger partial charge on any atom is -0.496 e. The fourth-order valence-electron chi connectivity index (χ4n) is 2.16. The standard InChI is InChI=1S/C15H25NO2/c1-6-16-10-11(2)12(3)15-13(17-4)8-7-9-14(15)18-5/h7-9,11-12,16H,6,10H2,1-5H3. The zero-order valence-electron chi connectivity index (χ0n) is 12.1. The molecular weight excluding hydrogens is 226 g/mol. The quantitative estimate of drug-likeness (QED) is 0.808. The van der Waals surface area contributed by atoms with Gasteiger partial charge in [-0.1, -0.05) is 26.8 Å². The SMILES string of the molecule is CCNCC(C)C(C)c1c(OC)cccc1OC. The molecule has 1 aromatic carbocycles. The van der Waals surface area contributed by atoms with Crippen LogP contribution in [0.1, 0.15) is 32.3 Å². The normalized spacial score (nSPS) is 14.1. The Morgan fingerprint density at radius 3 is 2.11 bits per heavy atom. The van der Waals surface area contributed by atoms with Crippen LogP contribution in [0.4, 0.5) is 0 Å². The highest BCUT2D eigenvalue weighted by Gasteiger charge is 2.21. The van der Waals surface area contributed by atoms with Crippen molar-refractivity contribution in [3.63, 3.8) is 0 Å². The Kier molecular flexibility index (Phi) is 5.99. The molecule has 2 unspecified atom stereocenters. The van der Waals surface area contributed by atoms with Crippen LogP contribution in [-0.4, -0.2) is 27.3 Å². The minimum atomic E-state index is 0.384. The molecule has 1 N–H and O–H groups in total. The lowest BCUT2D eigenvalue weighted by molar-refractivity contribution is 0.362. The second-order valence-electron chi connectivity index (χ2n) is 4.65. The van der Waals surface area contributed by atoms with Crippen LogP contribution in [0.25, 0.3) is 0 Å². The van der Waals surface area contributed by atoms with Crippen molar-refractivity contribution in [2.75, 3.05) is 27.3 Å². The van der Waals surface area contributed by atoms with E-state index in [1.54, 1.807) is 14.2 Å². The third kappa shape index (κ3) is 3.39. The van der Waals surface area contributed by atoms with Gasteiger partial charge < -0.3 is 14.8 Å². The highest BCUT2D eigenvalue weighted by atomic mass is 16.5. The number of benzene rings is 1. The molecule has 3 heteroatoms. The molecule has 1 rings (SSSR count). The molecule has 0 spiro atoms. The van der Waals surface area contributed by atoms with Crippen LogP contribution >= 0.6 is 0 Å². The molecule has 102 valence electrons. The van der Waals surface area contributed by atoms with E-state index in [1.165, 1.54) is 0 Å². The third-order valence-electron chi connectivity index (χ3n) is 3.49. The molecule has 0 aliphatic rings. The Bertz CT molecular complexity index is 343. The Morgan fingerprint density at radius 1 is 1.11 bits per heavy atom. The van der Waals surface area contributed by atoms with Gasteiger partial charge in [0.15, 0.2) is 0 Å². The van der Waals surface area contributed by atoms with Crippen molar-refractivity contribution in [1.29, 1.82) is 0 Å². The molecule has 3 nitrogen and oxygen atoms in total. The molecule has 0 aromatic heterocycles. The summed E-state index contributed by atoms with van der Waals surface area (Å²) in [5.74, 6) is 2.72. The summed E-state index contributed by atoms with van der Waals surface area (Å²) in [6.07, 6.45) is 0. The number of hydrogen-bond acceptors (Lipinski definition) is 3. The molecule has 0 saturated carbocycles. The molecule has 0 saturated heterocycles. The maximum Gasteiger partial charge on any atom is 0.126 e. The summed E-state index contributed by atoms with van der Waals surface area (Å²) in [6.45, 7) is 8.60. The minimum absolute atomic E-state index is 0.384. The van der Waals surface area contributed by atoms with Crippen LogP contribution < -0.4 is 14.8 Å². The second kappa shape index (κ2) is 7.27. The number of rotatable bonds is 7. The van der Waals surface area contributed by atoms with Gasteiger partial charge in [0.1, 0.15) is 11.5 Å². The maximum atomic E-state index is 5.46. The van der Waals surface area contributed by atoms with Crippen LogP contribution in [0.2, 0.25) is 0 Å². The molecule has 0 aliphatic carbocycles. The lowest BCUT2D eigenvalue weighted by Gasteiger charge is -2.24. The largest absolute Gasteiger partial charge is 0.496 e. The van der Waals surface area contributed by atoms with Crippen molar-refractivity contribution in [2.45, 2.75) is 26.7 Å². The number of nitrogens with one attached hydrogen (secondary N) is 1. The summed E-state index contributed by atoms with van der Waals surface area (Å²) in [6, 6.07) is 5.95.